The predicted octanol–water partition coefficient (Wildman–Crippen LogP) is 1.01. The summed E-state index contributed by atoms with van der Waals surface area (Å²) in [6.07, 6.45) is -3.49. The molecule has 0 unspecified atom stereocenters. The average molecular weight is 246 g/mol. The van der Waals surface area contributed by atoms with Crippen LogP contribution in [0.25, 0.3) is 5.13 Å². The van der Waals surface area contributed by atoms with Gasteiger partial charge in [0.2, 0.25) is 11.0 Å². The third kappa shape index (κ3) is 1.84. The van der Waals surface area contributed by atoms with Crippen LogP contribution in [-0.4, -0.2) is 24.1 Å². The second kappa shape index (κ2) is 3.53. The van der Waals surface area contributed by atoms with E-state index in [1.54, 1.807) is 6.07 Å². The van der Waals surface area contributed by atoms with Crippen LogP contribution in [0, 0.1) is 11.3 Å². The van der Waals surface area contributed by atoms with Crippen molar-refractivity contribution in [2.75, 3.05) is 0 Å². The van der Waals surface area contributed by atoms with E-state index in [4.69, 9.17) is 5.26 Å². The summed E-state index contributed by atoms with van der Waals surface area (Å²) in [4.78, 5) is 6.76. The molecule has 2 aromatic heterocycles. The van der Waals surface area contributed by atoms with Crippen LogP contribution in [0.5, 0.6) is 0 Å². The Labute approximate surface area is 90.2 Å². The van der Waals surface area contributed by atoms with E-state index >= 15 is 0 Å². The molecule has 0 saturated carbocycles. The van der Waals surface area contributed by atoms with Gasteiger partial charge in [0.25, 0.3) is 5.82 Å². The van der Waals surface area contributed by atoms with Crippen LogP contribution in [0.4, 0.5) is 13.2 Å². The minimum atomic E-state index is -4.59. The Balaban J connectivity index is 2.36. The lowest BCUT2D eigenvalue weighted by Gasteiger charge is -1.97. The van der Waals surface area contributed by atoms with E-state index in [1.165, 1.54) is 0 Å². The maximum absolute atomic E-state index is 12.2. The number of nitrogens with zero attached hydrogens (tertiary/aromatic N) is 6. The zero-order chi connectivity index (χ0) is 11.8. The monoisotopic (exact) mass is 246 g/mol. The second-order valence-electron chi connectivity index (χ2n) is 2.52. The van der Waals surface area contributed by atoms with Gasteiger partial charge >= 0.3 is 6.18 Å². The summed E-state index contributed by atoms with van der Waals surface area (Å²) < 4.78 is 40.6. The van der Waals surface area contributed by atoms with Crippen LogP contribution in [0.2, 0.25) is 0 Å². The first kappa shape index (κ1) is 10.5. The van der Waals surface area contributed by atoms with Crippen LogP contribution in [0.3, 0.4) is 0 Å². The zero-order valence-corrected chi connectivity index (χ0v) is 8.12. The van der Waals surface area contributed by atoms with Gasteiger partial charge in [-0.15, -0.1) is 5.10 Å². The van der Waals surface area contributed by atoms with Crippen molar-refractivity contribution in [2.24, 2.45) is 0 Å². The van der Waals surface area contributed by atoms with Gasteiger partial charge < -0.3 is 0 Å². The summed E-state index contributed by atoms with van der Waals surface area (Å²) in [5, 5.41) is 11.9. The molecular weight excluding hydrogens is 245 g/mol. The number of aromatic nitrogens is 5. The Morgan fingerprint density at radius 2 is 2.19 bits per heavy atom. The SMILES string of the molecule is N#Cc1ncn(-c2nc(C(F)(F)F)ns2)n1. The van der Waals surface area contributed by atoms with Crippen molar-refractivity contribution in [1.82, 2.24) is 24.1 Å². The summed E-state index contributed by atoms with van der Waals surface area (Å²) in [6, 6.07) is 1.65. The fourth-order valence-electron chi connectivity index (χ4n) is 0.830. The number of nitriles is 1. The molecule has 0 N–H and O–H groups in total. The molecule has 0 saturated heterocycles. The van der Waals surface area contributed by atoms with Crippen LogP contribution in [0.15, 0.2) is 6.33 Å². The molecular formula is C6HF3N6S. The first-order chi connectivity index (χ1) is 7.50. The van der Waals surface area contributed by atoms with E-state index < -0.39 is 12.0 Å². The number of alkyl halides is 3. The predicted molar refractivity (Wildman–Crippen MR) is 44.5 cm³/mol. The minimum absolute atomic E-state index is 0.0960. The van der Waals surface area contributed by atoms with Gasteiger partial charge in [-0.1, -0.05) is 0 Å². The summed E-state index contributed by atoms with van der Waals surface area (Å²) in [5.41, 5.74) is 0. The van der Waals surface area contributed by atoms with E-state index in [2.05, 4.69) is 19.4 Å². The van der Waals surface area contributed by atoms with E-state index in [0.717, 1.165) is 11.0 Å². The van der Waals surface area contributed by atoms with E-state index in [0.29, 0.717) is 11.5 Å². The molecule has 0 aliphatic rings. The zero-order valence-electron chi connectivity index (χ0n) is 7.30. The van der Waals surface area contributed by atoms with Crippen molar-refractivity contribution in [1.29, 1.82) is 5.26 Å². The lowest BCUT2D eigenvalue weighted by Crippen LogP contribution is -2.07. The van der Waals surface area contributed by atoms with E-state index in [9.17, 15) is 13.2 Å². The summed E-state index contributed by atoms with van der Waals surface area (Å²) in [5.74, 6) is -1.38. The first-order valence-corrected chi connectivity index (χ1v) is 4.51. The van der Waals surface area contributed by atoms with Gasteiger partial charge in [-0.05, 0) is 0 Å². The van der Waals surface area contributed by atoms with Crippen LogP contribution >= 0.6 is 11.5 Å². The lowest BCUT2D eigenvalue weighted by atomic mass is 10.6. The van der Waals surface area contributed by atoms with Gasteiger partial charge in [0.1, 0.15) is 12.4 Å². The van der Waals surface area contributed by atoms with Gasteiger partial charge in [-0.3, -0.25) is 0 Å². The van der Waals surface area contributed by atoms with Crippen molar-refractivity contribution in [3.05, 3.63) is 18.0 Å². The quantitative estimate of drug-likeness (QED) is 0.750. The molecule has 0 aliphatic carbocycles. The average Bonchev–Trinajstić information content (AvgIpc) is 2.85. The molecule has 82 valence electrons. The van der Waals surface area contributed by atoms with Crippen molar-refractivity contribution in [3.63, 3.8) is 0 Å². The normalized spacial score (nSPS) is 11.4. The Bertz CT molecular complexity index is 549. The molecule has 0 amide bonds. The summed E-state index contributed by atoms with van der Waals surface area (Å²) in [6.45, 7) is 0. The second-order valence-corrected chi connectivity index (χ2v) is 3.25. The Hall–Kier alpha value is -2.02. The van der Waals surface area contributed by atoms with Crippen molar-refractivity contribution in [3.8, 4) is 11.2 Å². The molecule has 2 heterocycles. The summed E-state index contributed by atoms with van der Waals surface area (Å²) in [7, 11) is 0. The van der Waals surface area contributed by atoms with Gasteiger partial charge in [0.05, 0.1) is 0 Å². The molecule has 0 radical (unpaired) electrons. The van der Waals surface area contributed by atoms with Crippen LogP contribution < -0.4 is 0 Å². The molecule has 10 heteroatoms. The van der Waals surface area contributed by atoms with Crippen LogP contribution in [0.1, 0.15) is 11.6 Å². The van der Waals surface area contributed by atoms with Crippen molar-refractivity contribution < 1.29 is 13.2 Å². The minimum Gasteiger partial charge on any atom is -0.206 e. The van der Waals surface area contributed by atoms with Gasteiger partial charge in [-0.2, -0.15) is 32.5 Å². The molecule has 2 aromatic rings. The number of hydrogen-bond donors (Lipinski definition) is 0. The highest BCUT2D eigenvalue weighted by Gasteiger charge is 2.36. The van der Waals surface area contributed by atoms with Crippen molar-refractivity contribution >= 4 is 11.5 Å². The highest BCUT2D eigenvalue weighted by molar-refractivity contribution is 7.08. The molecule has 0 aromatic carbocycles. The van der Waals surface area contributed by atoms with E-state index in [1.807, 2.05) is 0 Å². The fraction of sp³-hybridized carbons (Fsp3) is 0.167. The number of hydrogen-bond acceptors (Lipinski definition) is 6. The smallest absolute Gasteiger partial charge is 0.206 e. The number of halogens is 3. The number of rotatable bonds is 1. The molecule has 6 nitrogen and oxygen atoms in total. The largest absolute Gasteiger partial charge is 0.452 e. The Morgan fingerprint density at radius 3 is 2.69 bits per heavy atom. The first-order valence-electron chi connectivity index (χ1n) is 3.74. The van der Waals surface area contributed by atoms with Gasteiger partial charge in [-0.25, -0.2) is 4.98 Å². The maximum atomic E-state index is 12.2. The maximum Gasteiger partial charge on any atom is 0.452 e. The molecule has 0 atom stereocenters. The molecule has 0 fully saturated rings. The molecule has 16 heavy (non-hydrogen) atoms. The highest BCUT2D eigenvalue weighted by atomic mass is 32.1. The third-order valence-corrected chi connectivity index (χ3v) is 2.16. The third-order valence-electron chi connectivity index (χ3n) is 1.46. The van der Waals surface area contributed by atoms with Gasteiger partial charge in [0, 0.05) is 11.5 Å². The van der Waals surface area contributed by atoms with Crippen molar-refractivity contribution in [2.45, 2.75) is 6.18 Å². The van der Waals surface area contributed by atoms with E-state index in [-0.39, 0.29) is 11.0 Å². The molecule has 2 rings (SSSR count). The highest BCUT2D eigenvalue weighted by Crippen LogP contribution is 2.28. The lowest BCUT2D eigenvalue weighted by molar-refractivity contribution is -0.144. The standard InChI is InChI=1S/C6HF3N6S/c7-6(8,9)4-12-5(16-14-4)15-2-11-3(1-10)13-15/h2H. The Morgan fingerprint density at radius 1 is 1.44 bits per heavy atom. The molecule has 0 spiro atoms. The molecule has 0 aliphatic heterocycles. The summed E-state index contributed by atoms with van der Waals surface area (Å²) >= 11 is 0.523. The topological polar surface area (TPSA) is 80.3 Å². The van der Waals surface area contributed by atoms with Gasteiger partial charge in [0.15, 0.2) is 0 Å². The van der Waals surface area contributed by atoms with Crippen LogP contribution in [-0.2, 0) is 6.18 Å². The Kier molecular flexibility index (Phi) is 2.31. The fourth-order valence-corrected chi connectivity index (χ4v) is 1.44. The molecule has 0 bridgehead atoms.